The van der Waals surface area contributed by atoms with Crippen LogP contribution >= 0.6 is 0 Å². The van der Waals surface area contributed by atoms with E-state index in [1.807, 2.05) is 30.3 Å². The molecule has 0 saturated heterocycles. The standard InChI is InChI=1S/C15H17F2N3O/c16-13(17)7-4-10-19-15(21)20-12(8-9-14(20)18-19)11-5-2-1-3-6-11/h1-3,5-6,12-13H,4,7-10H2. The summed E-state index contributed by atoms with van der Waals surface area (Å²) in [6.07, 6.45) is -0.649. The molecule has 0 radical (unpaired) electrons. The third-order valence-corrected chi connectivity index (χ3v) is 3.87. The van der Waals surface area contributed by atoms with Crippen LogP contribution in [0.4, 0.5) is 8.78 Å². The third kappa shape index (κ3) is 2.75. The summed E-state index contributed by atoms with van der Waals surface area (Å²) in [5.41, 5.74) is 0.899. The van der Waals surface area contributed by atoms with E-state index in [0.717, 1.165) is 24.2 Å². The molecule has 0 bridgehead atoms. The average Bonchev–Trinajstić information content (AvgIpc) is 3.01. The zero-order valence-electron chi connectivity index (χ0n) is 11.6. The summed E-state index contributed by atoms with van der Waals surface area (Å²) in [6.45, 7) is 0.255. The highest BCUT2D eigenvalue weighted by Gasteiger charge is 2.28. The number of fused-ring (bicyclic) bond motifs is 1. The Morgan fingerprint density at radius 3 is 2.76 bits per heavy atom. The molecule has 2 aromatic rings. The predicted octanol–water partition coefficient (Wildman–Crippen LogP) is 2.63. The summed E-state index contributed by atoms with van der Waals surface area (Å²) in [5.74, 6) is 0.755. The summed E-state index contributed by atoms with van der Waals surface area (Å²) in [4.78, 5) is 12.4. The molecule has 0 amide bonds. The summed E-state index contributed by atoms with van der Waals surface area (Å²) in [6, 6.07) is 9.85. The number of nitrogens with zero attached hydrogens (tertiary/aromatic N) is 3. The SMILES string of the molecule is O=c1n(CCCC(F)F)nc2n1C(c1ccccc1)CC2. The van der Waals surface area contributed by atoms with Crippen molar-refractivity contribution in [1.29, 1.82) is 0 Å². The quantitative estimate of drug-likeness (QED) is 0.850. The first kappa shape index (κ1) is 14.0. The van der Waals surface area contributed by atoms with Crippen LogP contribution < -0.4 is 5.69 Å². The Labute approximate surface area is 121 Å². The monoisotopic (exact) mass is 293 g/mol. The van der Waals surface area contributed by atoms with Gasteiger partial charge in [-0.3, -0.25) is 4.57 Å². The van der Waals surface area contributed by atoms with E-state index in [2.05, 4.69) is 5.10 Å². The minimum atomic E-state index is -2.33. The van der Waals surface area contributed by atoms with Crippen molar-refractivity contribution in [3.8, 4) is 0 Å². The van der Waals surface area contributed by atoms with Crippen LogP contribution in [0.25, 0.3) is 0 Å². The van der Waals surface area contributed by atoms with Crippen LogP contribution in [0.1, 0.15) is 36.7 Å². The molecule has 0 saturated carbocycles. The van der Waals surface area contributed by atoms with Crippen LogP contribution in [0, 0.1) is 0 Å². The van der Waals surface area contributed by atoms with Crippen LogP contribution in [0.15, 0.2) is 35.1 Å². The lowest BCUT2D eigenvalue weighted by Crippen LogP contribution is -2.27. The first-order chi connectivity index (χ1) is 10.2. The second-order valence-electron chi connectivity index (χ2n) is 5.29. The molecule has 0 aliphatic carbocycles. The van der Waals surface area contributed by atoms with E-state index in [1.54, 1.807) is 4.57 Å². The molecule has 1 atom stereocenters. The molecule has 1 aliphatic rings. The lowest BCUT2D eigenvalue weighted by atomic mass is 10.1. The molecular formula is C15H17F2N3O. The highest BCUT2D eigenvalue weighted by molar-refractivity contribution is 5.22. The van der Waals surface area contributed by atoms with Gasteiger partial charge in [0.2, 0.25) is 6.43 Å². The number of alkyl halides is 2. The molecule has 6 heteroatoms. The van der Waals surface area contributed by atoms with Crippen LogP contribution in [0.3, 0.4) is 0 Å². The molecule has 1 aliphatic heterocycles. The first-order valence-electron chi connectivity index (χ1n) is 7.18. The highest BCUT2D eigenvalue weighted by atomic mass is 19.3. The Morgan fingerprint density at radius 2 is 2.05 bits per heavy atom. The molecule has 4 nitrogen and oxygen atoms in total. The van der Waals surface area contributed by atoms with Crippen molar-refractivity contribution in [2.45, 2.75) is 44.7 Å². The van der Waals surface area contributed by atoms with Crippen LogP contribution in [-0.4, -0.2) is 20.8 Å². The minimum Gasteiger partial charge on any atom is -0.271 e. The van der Waals surface area contributed by atoms with Crippen molar-refractivity contribution in [2.75, 3.05) is 0 Å². The van der Waals surface area contributed by atoms with Gasteiger partial charge in [-0.05, 0) is 18.4 Å². The van der Waals surface area contributed by atoms with E-state index in [9.17, 15) is 13.6 Å². The number of aryl methyl sites for hydroxylation is 2. The van der Waals surface area contributed by atoms with Gasteiger partial charge < -0.3 is 0 Å². The summed E-state index contributed by atoms with van der Waals surface area (Å²) < 4.78 is 27.4. The second kappa shape index (κ2) is 5.79. The Kier molecular flexibility index (Phi) is 3.86. The van der Waals surface area contributed by atoms with E-state index in [-0.39, 0.29) is 31.1 Å². The van der Waals surface area contributed by atoms with Crippen molar-refractivity contribution < 1.29 is 8.78 Å². The van der Waals surface area contributed by atoms with Gasteiger partial charge in [0.05, 0.1) is 6.04 Å². The Morgan fingerprint density at radius 1 is 1.29 bits per heavy atom. The van der Waals surface area contributed by atoms with Crippen molar-refractivity contribution in [3.63, 3.8) is 0 Å². The molecule has 2 heterocycles. The summed E-state index contributed by atoms with van der Waals surface area (Å²) in [5, 5.41) is 4.29. The Bertz CT molecular complexity index is 663. The third-order valence-electron chi connectivity index (χ3n) is 3.87. The molecule has 0 fully saturated rings. The zero-order valence-corrected chi connectivity index (χ0v) is 11.6. The van der Waals surface area contributed by atoms with Gasteiger partial charge in [0.15, 0.2) is 0 Å². The van der Waals surface area contributed by atoms with Gasteiger partial charge in [0.25, 0.3) is 0 Å². The molecule has 21 heavy (non-hydrogen) atoms. The second-order valence-corrected chi connectivity index (χ2v) is 5.29. The van der Waals surface area contributed by atoms with Crippen molar-refractivity contribution in [2.24, 2.45) is 0 Å². The number of hydrogen-bond donors (Lipinski definition) is 0. The minimum absolute atomic E-state index is 0.0116. The summed E-state index contributed by atoms with van der Waals surface area (Å²) in [7, 11) is 0. The lowest BCUT2D eigenvalue weighted by Gasteiger charge is -2.11. The van der Waals surface area contributed by atoms with Gasteiger partial charge in [0, 0.05) is 19.4 Å². The molecule has 112 valence electrons. The summed E-state index contributed by atoms with van der Waals surface area (Å²) >= 11 is 0. The van der Waals surface area contributed by atoms with Crippen LogP contribution in [0.2, 0.25) is 0 Å². The lowest BCUT2D eigenvalue weighted by molar-refractivity contribution is 0.132. The smallest absolute Gasteiger partial charge is 0.271 e. The Hall–Kier alpha value is -1.98. The van der Waals surface area contributed by atoms with E-state index in [4.69, 9.17) is 0 Å². The molecule has 1 aromatic carbocycles. The van der Waals surface area contributed by atoms with Crippen LogP contribution in [-0.2, 0) is 13.0 Å². The molecule has 0 spiro atoms. The number of aromatic nitrogens is 3. The fourth-order valence-corrected chi connectivity index (χ4v) is 2.88. The van der Waals surface area contributed by atoms with E-state index in [1.165, 1.54) is 4.68 Å². The molecule has 1 aromatic heterocycles. The van der Waals surface area contributed by atoms with E-state index < -0.39 is 6.43 Å². The fraction of sp³-hybridized carbons (Fsp3) is 0.467. The topological polar surface area (TPSA) is 39.8 Å². The van der Waals surface area contributed by atoms with Gasteiger partial charge in [-0.15, -0.1) is 0 Å². The van der Waals surface area contributed by atoms with Crippen molar-refractivity contribution in [1.82, 2.24) is 14.3 Å². The van der Waals surface area contributed by atoms with E-state index in [0.29, 0.717) is 0 Å². The van der Waals surface area contributed by atoms with Gasteiger partial charge in [0.1, 0.15) is 5.82 Å². The maximum Gasteiger partial charge on any atom is 0.346 e. The number of halogens is 2. The normalized spacial score (nSPS) is 17.4. The first-order valence-corrected chi connectivity index (χ1v) is 7.18. The number of hydrogen-bond acceptors (Lipinski definition) is 2. The van der Waals surface area contributed by atoms with Crippen molar-refractivity contribution >= 4 is 0 Å². The maximum atomic E-state index is 12.4. The van der Waals surface area contributed by atoms with Crippen LogP contribution in [0.5, 0.6) is 0 Å². The molecule has 1 unspecified atom stereocenters. The average molecular weight is 293 g/mol. The fourth-order valence-electron chi connectivity index (χ4n) is 2.88. The van der Waals surface area contributed by atoms with Gasteiger partial charge >= 0.3 is 5.69 Å². The largest absolute Gasteiger partial charge is 0.346 e. The van der Waals surface area contributed by atoms with Gasteiger partial charge in [-0.25, -0.2) is 18.3 Å². The predicted molar refractivity (Wildman–Crippen MR) is 74.6 cm³/mol. The number of rotatable bonds is 5. The highest BCUT2D eigenvalue weighted by Crippen LogP contribution is 2.28. The Balaban J connectivity index is 1.83. The molecular weight excluding hydrogens is 276 g/mol. The molecule has 0 N–H and O–H groups in total. The number of benzene rings is 1. The van der Waals surface area contributed by atoms with Gasteiger partial charge in [-0.2, -0.15) is 5.10 Å². The molecule has 3 rings (SSSR count). The maximum absolute atomic E-state index is 12.4. The van der Waals surface area contributed by atoms with E-state index >= 15 is 0 Å². The zero-order chi connectivity index (χ0) is 14.8. The van der Waals surface area contributed by atoms with Crippen molar-refractivity contribution in [3.05, 3.63) is 52.2 Å². The van der Waals surface area contributed by atoms with Gasteiger partial charge in [-0.1, -0.05) is 30.3 Å².